The molecule has 1 aromatic carbocycles. The van der Waals surface area contributed by atoms with Crippen LogP contribution in [0.25, 0.3) is 6.08 Å². The minimum atomic E-state index is -0.182. The monoisotopic (exact) mass is 260 g/mol. The molecule has 0 aliphatic carbocycles. The van der Waals surface area contributed by atoms with Crippen LogP contribution in [0.15, 0.2) is 30.0 Å². The zero-order valence-corrected chi connectivity index (χ0v) is 10.6. The maximum Gasteiger partial charge on any atom is 0.201 e. The molecule has 0 radical (unpaired) electrons. The Morgan fingerprint density at radius 1 is 1.22 bits per heavy atom. The molecule has 0 bridgehead atoms. The summed E-state index contributed by atoms with van der Waals surface area (Å²) in [6.07, 6.45) is 2.61. The highest BCUT2D eigenvalue weighted by Crippen LogP contribution is 2.44. The van der Waals surface area contributed by atoms with Crippen LogP contribution in [0.1, 0.15) is 15.3 Å². The lowest BCUT2D eigenvalue weighted by molar-refractivity contribution is 0.368. The fourth-order valence-electron chi connectivity index (χ4n) is 1.98. The average Bonchev–Trinajstić information content (AvgIpc) is 2.91. The molecule has 3 rings (SSSR count). The molecule has 1 aromatic heterocycles. The van der Waals surface area contributed by atoms with Crippen LogP contribution in [0.3, 0.4) is 0 Å². The van der Waals surface area contributed by atoms with Crippen LogP contribution in [0.5, 0.6) is 17.2 Å². The van der Waals surface area contributed by atoms with Gasteiger partial charge in [-0.3, -0.25) is 0 Å². The second-order valence-electron chi connectivity index (χ2n) is 4.26. The van der Waals surface area contributed by atoms with Crippen molar-refractivity contribution >= 4 is 17.4 Å². The summed E-state index contributed by atoms with van der Waals surface area (Å²) in [4.78, 5) is 2.37. The van der Waals surface area contributed by atoms with Crippen LogP contribution < -0.4 is 4.74 Å². The summed E-state index contributed by atoms with van der Waals surface area (Å²) >= 11 is 1.69. The lowest BCUT2D eigenvalue weighted by Crippen LogP contribution is -1.86. The van der Waals surface area contributed by atoms with E-state index < -0.39 is 0 Å². The highest BCUT2D eigenvalue weighted by atomic mass is 32.1. The Hall–Kier alpha value is -1.94. The number of benzene rings is 1. The standard InChI is InChI=1S/C14H12O3S/c1-8-2-4-11(18-8)7-10-6-9-3-5-12(15)13(16)14(9)17-10/h2-5,7,15-16H,6H2,1H3. The second kappa shape index (κ2) is 4.07. The van der Waals surface area contributed by atoms with Gasteiger partial charge in [-0.15, -0.1) is 11.3 Å². The largest absolute Gasteiger partial charge is 0.504 e. The van der Waals surface area contributed by atoms with E-state index in [1.54, 1.807) is 17.4 Å². The summed E-state index contributed by atoms with van der Waals surface area (Å²) in [5, 5.41) is 19.1. The van der Waals surface area contributed by atoms with Crippen molar-refractivity contribution in [2.75, 3.05) is 0 Å². The van der Waals surface area contributed by atoms with E-state index in [1.165, 1.54) is 10.9 Å². The fourth-order valence-corrected chi connectivity index (χ4v) is 2.82. The number of rotatable bonds is 1. The van der Waals surface area contributed by atoms with Crippen molar-refractivity contribution in [1.29, 1.82) is 0 Å². The maximum atomic E-state index is 9.71. The van der Waals surface area contributed by atoms with Crippen molar-refractivity contribution in [3.63, 3.8) is 0 Å². The first-order valence-corrected chi connectivity index (χ1v) is 6.44. The Balaban J connectivity index is 1.93. The molecule has 0 fully saturated rings. The van der Waals surface area contributed by atoms with Gasteiger partial charge in [-0.25, -0.2) is 0 Å². The predicted molar refractivity (Wildman–Crippen MR) is 71.1 cm³/mol. The summed E-state index contributed by atoms with van der Waals surface area (Å²) in [7, 11) is 0. The lowest BCUT2D eigenvalue weighted by Gasteiger charge is -2.03. The molecule has 3 nitrogen and oxygen atoms in total. The Labute approximate surface area is 109 Å². The highest BCUT2D eigenvalue weighted by Gasteiger charge is 2.23. The van der Waals surface area contributed by atoms with Gasteiger partial charge in [0.15, 0.2) is 11.5 Å². The van der Waals surface area contributed by atoms with Crippen LogP contribution in [-0.4, -0.2) is 10.2 Å². The van der Waals surface area contributed by atoms with Gasteiger partial charge in [-0.2, -0.15) is 0 Å². The molecule has 0 atom stereocenters. The van der Waals surface area contributed by atoms with Crippen LogP contribution in [0, 0.1) is 6.92 Å². The predicted octanol–water partition coefficient (Wildman–Crippen LogP) is 3.44. The van der Waals surface area contributed by atoms with E-state index in [9.17, 15) is 10.2 Å². The Morgan fingerprint density at radius 3 is 2.78 bits per heavy atom. The summed E-state index contributed by atoms with van der Waals surface area (Å²) in [5.74, 6) is 0.822. The number of aryl methyl sites for hydroxylation is 1. The molecule has 1 aliphatic heterocycles. The SMILES string of the molecule is Cc1ccc(C=C2Cc3ccc(O)c(O)c3O2)s1. The molecule has 2 heterocycles. The molecule has 2 N–H and O–H groups in total. The molecule has 0 spiro atoms. The number of phenolic OH excluding ortho intramolecular Hbond substituents is 2. The minimum Gasteiger partial charge on any atom is -0.504 e. The van der Waals surface area contributed by atoms with E-state index >= 15 is 0 Å². The van der Waals surface area contributed by atoms with E-state index in [4.69, 9.17) is 4.74 Å². The second-order valence-corrected chi connectivity index (χ2v) is 5.58. The van der Waals surface area contributed by atoms with Crippen LogP contribution in [0.2, 0.25) is 0 Å². The first-order chi connectivity index (χ1) is 8.63. The van der Waals surface area contributed by atoms with Crippen molar-refractivity contribution in [1.82, 2.24) is 0 Å². The molecule has 0 unspecified atom stereocenters. The minimum absolute atomic E-state index is 0.151. The third-order valence-corrected chi connectivity index (χ3v) is 3.80. The Kier molecular flexibility index (Phi) is 2.52. The molecule has 1 aliphatic rings. The van der Waals surface area contributed by atoms with Gasteiger partial charge < -0.3 is 14.9 Å². The van der Waals surface area contributed by atoms with E-state index in [1.807, 2.05) is 12.1 Å². The van der Waals surface area contributed by atoms with Crippen molar-refractivity contribution in [2.24, 2.45) is 0 Å². The summed E-state index contributed by atoms with van der Waals surface area (Å²) in [6, 6.07) is 7.35. The van der Waals surface area contributed by atoms with Crippen molar-refractivity contribution in [2.45, 2.75) is 13.3 Å². The smallest absolute Gasteiger partial charge is 0.201 e. The maximum absolute atomic E-state index is 9.71. The van der Waals surface area contributed by atoms with Gasteiger partial charge >= 0.3 is 0 Å². The van der Waals surface area contributed by atoms with Gasteiger partial charge in [-0.05, 0) is 31.2 Å². The van der Waals surface area contributed by atoms with Crippen LogP contribution >= 0.6 is 11.3 Å². The fraction of sp³-hybridized carbons (Fsp3) is 0.143. The van der Waals surface area contributed by atoms with Gasteiger partial charge in [0.05, 0.1) is 0 Å². The van der Waals surface area contributed by atoms with Crippen molar-refractivity contribution in [3.05, 3.63) is 45.3 Å². The van der Waals surface area contributed by atoms with Crippen LogP contribution in [0.4, 0.5) is 0 Å². The lowest BCUT2D eigenvalue weighted by atomic mass is 10.1. The number of ether oxygens (including phenoxy) is 1. The van der Waals surface area contributed by atoms with Gasteiger partial charge in [0.1, 0.15) is 5.76 Å². The van der Waals surface area contributed by atoms with E-state index in [-0.39, 0.29) is 11.5 Å². The van der Waals surface area contributed by atoms with Crippen molar-refractivity contribution < 1.29 is 14.9 Å². The number of thiophene rings is 1. The molecule has 0 amide bonds. The summed E-state index contributed by atoms with van der Waals surface area (Å²) in [6.45, 7) is 2.06. The van der Waals surface area contributed by atoms with Gasteiger partial charge in [0.25, 0.3) is 0 Å². The zero-order valence-electron chi connectivity index (χ0n) is 9.80. The molecule has 2 aromatic rings. The van der Waals surface area contributed by atoms with Gasteiger partial charge in [0, 0.05) is 21.7 Å². The number of hydrogen-bond acceptors (Lipinski definition) is 4. The Morgan fingerprint density at radius 2 is 2.06 bits per heavy atom. The van der Waals surface area contributed by atoms with Crippen molar-refractivity contribution in [3.8, 4) is 17.2 Å². The normalized spacial score (nSPS) is 15.7. The Bertz CT molecular complexity index is 640. The number of phenols is 2. The highest BCUT2D eigenvalue weighted by molar-refractivity contribution is 7.12. The first-order valence-electron chi connectivity index (χ1n) is 5.62. The molecule has 0 saturated heterocycles. The number of fused-ring (bicyclic) bond motifs is 1. The first kappa shape index (κ1) is 11.2. The summed E-state index contributed by atoms with van der Waals surface area (Å²) < 4.78 is 5.59. The van der Waals surface area contributed by atoms with E-state index in [0.29, 0.717) is 12.2 Å². The molecule has 4 heteroatoms. The third kappa shape index (κ3) is 1.84. The zero-order chi connectivity index (χ0) is 12.7. The molecule has 92 valence electrons. The molecular formula is C14H12O3S. The summed E-state index contributed by atoms with van der Waals surface area (Å²) in [5.41, 5.74) is 0.893. The molecule has 18 heavy (non-hydrogen) atoms. The quantitative estimate of drug-likeness (QED) is 0.772. The van der Waals surface area contributed by atoms with Crippen LogP contribution in [-0.2, 0) is 6.42 Å². The van der Waals surface area contributed by atoms with Gasteiger partial charge in [-0.1, -0.05) is 6.07 Å². The number of allylic oxidation sites excluding steroid dienone is 1. The topological polar surface area (TPSA) is 49.7 Å². The molecule has 0 saturated carbocycles. The third-order valence-electron chi connectivity index (χ3n) is 2.85. The van der Waals surface area contributed by atoms with Gasteiger partial charge in [0.2, 0.25) is 5.75 Å². The van der Waals surface area contributed by atoms with E-state index in [0.717, 1.165) is 16.2 Å². The molecular weight excluding hydrogens is 248 g/mol. The number of hydrogen-bond donors (Lipinski definition) is 2. The number of aromatic hydroxyl groups is 2. The van der Waals surface area contributed by atoms with E-state index in [2.05, 4.69) is 13.0 Å². The average molecular weight is 260 g/mol.